The van der Waals surface area contributed by atoms with Crippen LogP contribution >= 0.6 is 0 Å². The normalized spacial score (nSPS) is 18.0. The third-order valence-electron chi connectivity index (χ3n) is 6.75. The summed E-state index contributed by atoms with van der Waals surface area (Å²) in [5, 5.41) is 8.34. The van der Waals surface area contributed by atoms with E-state index in [-0.39, 0.29) is 11.3 Å². The second kappa shape index (κ2) is 8.85. The number of carbonyl (C=O) groups is 2. The largest absolute Gasteiger partial charge is 0.417 e. The van der Waals surface area contributed by atoms with Crippen LogP contribution in [0.3, 0.4) is 0 Å². The molecular formula is C25H25F3N4O2. The van der Waals surface area contributed by atoms with Gasteiger partial charge in [-0.2, -0.15) is 13.2 Å². The van der Waals surface area contributed by atoms with E-state index in [0.29, 0.717) is 44.1 Å². The van der Waals surface area contributed by atoms with Crippen molar-refractivity contribution in [2.45, 2.75) is 38.3 Å². The van der Waals surface area contributed by atoms with Crippen molar-refractivity contribution in [3.05, 3.63) is 64.4 Å². The van der Waals surface area contributed by atoms with Crippen LogP contribution in [-0.4, -0.2) is 53.0 Å². The predicted molar refractivity (Wildman–Crippen MR) is 120 cm³/mol. The number of benzene rings is 1. The molecule has 0 N–H and O–H groups in total. The van der Waals surface area contributed by atoms with Gasteiger partial charge in [0.05, 0.1) is 11.1 Å². The van der Waals surface area contributed by atoms with Gasteiger partial charge in [-0.05, 0) is 47.8 Å². The first-order chi connectivity index (χ1) is 16.3. The molecule has 1 fully saturated rings. The van der Waals surface area contributed by atoms with Gasteiger partial charge in [-0.15, -0.1) is 10.2 Å². The molecule has 9 heteroatoms. The Bertz CT molecular complexity index is 1120. The fraction of sp³-hybridized carbons (Fsp3) is 0.440. The topological polar surface area (TPSA) is 66.4 Å². The van der Waals surface area contributed by atoms with Gasteiger partial charge >= 0.3 is 6.18 Å². The first-order valence-electron chi connectivity index (χ1n) is 11.6. The number of alkyl halides is 3. The number of anilines is 1. The van der Waals surface area contributed by atoms with E-state index in [2.05, 4.69) is 10.2 Å². The number of hydrogen-bond acceptors (Lipinski definition) is 5. The molecule has 3 heterocycles. The lowest BCUT2D eigenvalue weighted by molar-refractivity contribution is -0.138. The van der Waals surface area contributed by atoms with E-state index in [4.69, 9.17) is 0 Å². The molecule has 6 nitrogen and oxygen atoms in total. The lowest BCUT2D eigenvalue weighted by Gasteiger charge is -2.24. The van der Waals surface area contributed by atoms with Crippen molar-refractivity contribution in [2.24, 2.45) is 5.92 Å². The van der Waals surface area contributed by atoms with E-state index in [0.717, 1.165) is 36.0 Å². The van der Waals surface area contributed by atoms with Gasteiger partial charge in [0.1, 0.15) is 5.69 Å². The number of amides is 1. The average Bonchev–Trinajstić information content (AvgIpc) is 3.43. The molecule has 34 heavy (non-hydrogen) atoms. The Morgan fingerprint density at radius 1 is 0.941 bits per heavy atom. The van der Waals surface area contributed by atoms with Gasteiger partial charge < -0.3 is 9.80 Å². The number of hydrogen-bond donors (Lipinski definition) is 0. The molecule has 1 aromatic carbocycles. The molecule has 0 atom stereocenters. The Kier molecular flexibility index (Phi) is 5.87. The molecule has 0 spiro atoms. The van der Waals surface area contributed by atoms with Crippen molar-refractivity contribution in [1.29, 1.82) is 0 Å². The highest BCUT2D eigenvalue weighted by Gasteiger charge is 2.38. The number of Topliss-reactive ketones (excluding diaryl/α,β-unsaturated/α-hetero) is 1. The molecular weight excluding hydrogens is 445 g/mol. The highest BCUT2D eigenvalue weighted by Crippen LogP contribution is 2.35. The van der Waals surface area contributed by atoms with Crippen molar-refractivity contribution < 1.29 is 22.8 Å². The Balaban J connectivity index is 1.17. The zero-order valence-electron chi connectivity index (χ0n) is 18.6. The van der Waals surface area contributed by atoms with Crippen LogP contribution in [0.15, 0.2) is 47.5 Å². The fourth-order valence-electron chi connectivity index (χ4n) is 4.70. The quantitative estimate of drug-likeness (QED) is 0.439. The fourth-order valence-corrected chi connectivity index (χ4v) is 4.70. The summed E-state index contributed by atoms with van der Waals surface area (Å²) in [6, 6.07) is 8.38. The lowest BCUT2D eigenvalue weighted by Crippen LogP contribution is -2.35. The SMILES string of the molecule is O=C(CCCC1CC1)c1ccc(N2CC3=C(CN(C(=O)c4ccccc4C(F)(F)F)C3)C2)nn1. The summed E-state index contributed by atoms with van der Waals surface area (Å²) in [5.74, 6) is 0.842. The van der Waals surface area contributed by atoms with Crippen LogP contribution in [0.5, 0.6) is 0 Å². The van der Waals surface area contributed by atoms with Gasteiger partial charge in [0, 0.05) is 32.6 Å². The molecule has 2 aliphatic heterocycles. The highest BCUT2D eigenvalue weighted by molar-refractivity contribution is 5.96. The summed E-state index contributed by atoms with van der Waals surface area (Å²) in [6.07, 6.45) is 0.461. The maximum absolute atomic E-state index is 13.3. The number of halogens is 3. The predicted octanol–water partition coefficient (Wildman–Crippen LogP) is 4.53. The Labute approximate surface area is 195 Å². The smallest absolute Gasteiger partial charge is 0.347 e. The molecule has 0 bridgehead atoms. The molecule has 2 aromatic rings. The van der Waals surface area contributed by atoms with Crippen LogP contribution in [0.4, 0.5) is 19.0 Å². The summed E-state index contributed by atoms with van der Waals surface area (Å²) in [4.78, 5) is 28.6. The molecule has 3 aliphatic rings. The number of carbonyl (C=O) groups excluding carboxylic acids is 2. The summed E-state index contributed by atoms with van der Waals surface area (Å²) in [7, 11) is 0. The van der Waals surface area contributed by atoms with Gasteiger partial charge in [-0.25, -0.2) is 0 Å². The third kappa shape index (κ3) is 4.69. The van der Waals surface area contributed by atoms with Crippen molar-refractivity contribution in [3.8, 4) is 0 Å². The summed E-state index contributed by atoms with van der Waals surface area (Å²) < 4.78 is 40.0. The number of rotatable bonds is 7. The van der Waals surface area contributed by atoms with E-state index in [1.165, 1.54) is 35.9 Å². The molecule has 1 amide bonds. The first-order valence-corrected chi connectivity index (χ1v) is 11.6. The van der Waals surface area contributed by atoms with Crippen LogP contribution in [-0.2, 0) is 6.18 Å². The van der Waals surface area contributed by atoms with Crippen molar-refractivity contribution in [1.82, 2.24) is 15.1 Å². The van der Waals surface area contributed by atoms with Crippen LogP contribution in [0.25, 0.3) is 0 Å². The minimum atomic E-state index is -4.58. The molecule has 178 valence electrons. The molecule has 1 aliphatic carbocycles. The summed E-state index contributed by atoms with van der Waals surface area (Å²) >= 11 is 0. The minimum absolute atomic E-state index is 0.00929. The first kappa shape index (κ1) is 22.6. The number of aromatic nitrogens is 2. The van der Waals surface area contributed by atoms with E-state index < -0.39 is 17.6 Å². The second-order valence-electron chi connectivity index (χ2n) is 9.30. The molecule has 0 saturated heterocycles. The van der Waals surface area contributed by atoms with Crippen LogP contribution in [0.1, 0.15) is 58.5 Å². The molecule has 5 rings (SSSR count). The third-order valence-corrected chi connectivity index (χ3v) is 6.75. The van der Waals surface area contributed by atoms with Gasteiger partial charge in [0.2, 0.25) is 0 Å². The van der Waals surface area contributed by atoms with Crippen molar-refractivity contribution >= 4 is 17.5 Å². The lowest BCUT2D eigenvalue weighted by atomic mass is 10.1. The maximum atomic E-state index is 13.3. The zero-order valence-corrected chi connectivity index (χ0v) is 18.6. The second-order valence-corrected chi connectivity index (χ2v) is 9.30. The van der Waals surface area contributed by atoms with Gasteiger partial charge in [-0.3, -0.25) is 9.59 Å². The van der Waals surface area contributed by atoms with Crippen LogP contribution in [0, 0.1) is 5.92 Å². The average molecular weight is 470 g/mol. The Morgan fingerprint density at radius 2 is 1.65 bits per heavy atom. The number of nitrogens with zero attached hydrogens (tertiary/aromatic N) is 4. The molecule has 1 aromatic heterocycles. The van der Waals surface area contributed by atoms with Crippen molar-refractivity contribution in [2.75, 3.05) is 31.1 Å². The molecule has 1 saturated carbocycles. The van der Waals surface area contributed by atoms with E-state index >= 15 is 0 Å². The number of ketones is 1. The van der Waals surface area contributed by atoms with Gasteiger partial charge in [-0.1, -0.05) is 31.4 Å². The monoisotopic (exact) mass is 470 g/mol. The van der Waals surface area contributed by atoms with Gasteiger partial charge in [0.15, 0.2) is 11.6 Å². The summed E-state index contributed by atoms with van der Waals surface area (Å²) in [6.45, 7) is 1.65. The van der Waals surface area contributed by atoms with Crippen LogP contribution < -0.4 is 4.90 Å². The van der Waals surface area contributed by atoms with Gasteiger partial charge in [0.25, 0.3) is 5.91 Å². The standard InChI is InChI=1S/C25H25F3N4O2/c26-25(27,28)20-6-2-1-5-19(20)24(34)32-14-17-12-31(13-18(17)15-32)23-11-10-21(29-30-23)22(33)7-3-4-16-8-9-16/h1-2,5-6,10-11,16H,3-4,7-9,12-15H2. The van der Waals surface area contributed by atoms with E-state index in [1.807, 2.05) is 4.90 Å². The van der Waals surface area contributed by atoms with E-state index in [9.17, 15) is 22.8 Å². The highest BCUT2D eigenvalue weighted by atomic mass is 19.4. The maximum Gasteiger partial charge on any atom is 0.417 e. The summed E-state index contributed by atoms with van der Waals surface area (Å²) in [5.41, 5.74) is 1.17. The van der Waals surface area contributed by atoms with Crippen molar-refractivity contribution in [3.63, 3.8) is 0 Å². The Morgan fingerprint density at radius 3 is 2.26 bits per heavy atom. The Hall–Kier alpha value is -3.23. The van der Waals surface area contributed by atoms with E-state index in [1.54, 1.807) is 12.1 Å². The molecule has 0 radical (unpaired) electrons. The zero-order chi connectivity index (χ0) is 23.9. The molecule has 0 unspecified atom stereocenters. The minimum Gasteiger partial charge on any atom is -0.347 e. The van der Waals surface area contributed by atoms with Crippen LogP contribution in [0.2, 0.25) is 0 Å².